The van der Waals surface area contributed by atoms with E-state index in [1.165, 1.54) is 0 Å². The highest BCUT2D eigenvalue weighted by Gasteiger charge is 2.16. The van der Waals surface area contributed by atoms with E-state index in [9.17, 15) is 0 Å². The molecule has 0 rings (SSSR count). The number of nitrogens with zero attached hydrogens (tertiary/aromatic N) is 2. The summed E-state index contributed by atoms with van der Waals surface area (Å²) in [6.07, 6.45) is 2.30. The van der Waals surface area contributed by atoms with Crippen molar-refractivity contribution in [3.8, 4) is 0 Å². The molecule has 0 aliphatic carbocycles. The van der Waals surface area contributed by atoms with Crippen molar-refractivity contribution in [3.63, 3.8) is 0 Å². The van der Waals surface area contributed by atoms with Crippen LogP contribution in [-0.2, 0) is 0 Å². The lowest BCUT2D eigenvalue weighted by atomic mass is 10.4. The first kappa shape index (κ1) is 13.8. The first-order valence-corrected chi connectivity index (χ1v) is 6.11. The molecule has 0 heterocycles. The maximum absolute atomic E-state index is 6.34. The van der Waals surface area contributed by atoms with Gasteiger partial charge >= 0.3 is 5.29 Å². The molecule has 0 amide bonds. The average Bonchev–Trinajstić information content (AvgIpc) is 2.19. The van der Waals surface area contributed by atoms with Gasteiger partial charge in [0.05, 0.1) is 26.2 Å². The van der Waals surface area contributed by atoms with Crippen LogP contribution in [0.1, 0.15) is 40.5 Å². The van der Waals surface area contributed by atoms with Crippen LogP contribution in [0.3, 0.4) is 0 Å². The first-order valence-electron chi connectivity index (χ1n) is 5.73. The molecule has 2 nitrogen and oxygen atoms in total. The molecule has 0 bridgehead atoms. The fourth-order valence-electron chi connectivity index (χ4n) is 1.52. The summed E-state index contributed by atoms with van der Waals surface area (Å²) in [6, 6.07) is 0. The van der Waals surface area contributed by atoms with Gasteiger partial charge in [-0.3, -0.25) is 9.48 Å². The van der Waals surface area contributed by atoms with Crippen LogP contribution >= 0.6 is 11.6 Å². The summed E-state index contributed by atoms with van der Waals surface area (Å²) < 4.78 is 2.27. The molecule has 0 saturated heterocycles. The third-order valence-corrected chi connectivity index (χ3v) is 2.75. The van der Waals surface area contributed by atoms with E-state index in [4.69, 9.17) is 11.6 Å². The second kappa shape index (κ2) is 8.10. The van der Waals surface area contributed by atoms with Gasteiger partial charge in [-0.05, 0) is 26.7 Å². The predicted molar refractivity (Wildman–Crippen MR) is 64.4 cm³/mol. The highest BCUT2D eigenvalue weighted by molar-refractivity contribution is 6.63. The highest BCUT2D eigenvalue weighted by Crippen LogP contribution is 1.99. The Hall–Kier alpha value is -0.240. The van der Waals surface area contributed by atoms with E-state index in [1.807, 2.05) is 0 Å². The fraction of sp³-hybridized carbons (Fsp3) is 0.909. The molecule has 0 aliphatic rings. The van der Waals surface area contributed by atoms with Gasteiger partial charge in [-0.2, -0.15) is 0 Å². The largest absolute Gasteiger partial charge is 0.344 e. The van der Waals surface area contributed by atoms with Crippen molar-refractivity contribution >= 4 is 16.9 Å². The number of amidine groups is 1. The Morgan fingerprint density at radius 3 is 1.71 bits per heavy atom. The van der Waals surface area contributed by atoms with E-state index in [-0.39, 0.29) is 0 Å². The van der Waals surface area contributed by atoms with Gasteiger partial charge in [0, 0.05) is 11.6 Å². The number of hydrogen-bond acceptors (Lipinski definition) is 0. The van der Waals surface area contributed by atoms with E-state index in [0.717, 1.165) is 44.3 Å². The molecule has 0 unspecified atom stereocenters. The zero-order valence-corrected chi connectivity index (χ0v) is 10.8. The molecule has 0 fully saturated rings. The van der Waals surface area contributed by atoms with Crippen LogP contribution in [0.4, 0.5) is 0 Å². The predicted octanol–water partition coefficient (Wildman–Crippen LogP) is 2.76. The molecule has 0 radical (unpaired) electrons. The van der Waals surface area contributed by atoms with Gasteiger partial charge in [0.25, 0.3) is 0 Å². The second-order valence-corrected chi connectivity index (χ2v) is 3.77. The van der Waals surface area contributed by atoms with Crippen molar-refractivity contribution < 1.29 is 4.58 Å². The summed E-state index contributed by atoms with van der Waals surface area (Å²) in [7, 11) is 0. The van der Waals surface area contributed by atoms with Crippen molar-refractivity contribution in [2.24, 2.45) is 0 Å². The summed E-state index contributed by atoms with van der Waals surface area (Å²) in [4.78, 5) is 2.20. The summed E-state index contributed by atoms with van der Waals surface area (Å²) in [5.41, 5.74) is 0. The SMILES string of the molecule is CCC[N+](CCC)=C(Cl)N(CC)CC. The first-order chi connectivity index (χ1) is 6.71. The molecule has 0 aromatic carbocycles. The lowest BCUT2D eigenvalue weighted by Gasteiger charge is -2.15. The van der Waals surface area contributed by atoms with Gasteiger partial charge in [0.2, 0.25) is 0 Å². The lowest BCUT2D eigenvalue weighted by Crippen LogP contribution is -2.35. The Labute approximate surface area is 93.6 Å². The highest BCUT2D eigenvalue weighted by atomic mass is 35.5. The minimum Gasteiger partial charge on any atom is -0.252 e. The average molecular weight is 220 g/mol. The standard InChI is InChI=1S/C11H24ClN2/c1-5-9-14(10-6-2)11(12)13(7-3)8-4/h5-10H2,1-4H3/q+1. The number of rotatable bonds is 6. The summed E-state index contributed by atoms with van der Waals surface area (Å²) in [6.45, 7) is 12.7. The normalized spacial score (nSPS) is 10.1. The van der Waals surface area contributed by atoms with Gasteiger partial charge in [0.1, 0.15) is 0 Å². The van der Waals surface area contributed by atoms with Crippen LogP contribution in [0, 0.1) is 0 Å². The summed E-state index contributed by atoms with van der Waals surface area (Å²) in [5, 5.41) is 0.915. The molecular formula is C11H24ClN2+. The summed E-state index contributed by atoms with van der Waals surface area (Å²) >= 11 is 6.34. The molecule has 0 aliphatic heterocycles. The smallest absolute Gasteiger partial charge is 0.252 e. The fourth-order valence-corrected chi connectivity index (χ4v) is 1.93. The molecule has 3 heteroatoms. The Balaban J connectivity index is 4.57. The molecule has 0 atom stereocenters. The molecule has 0 saturated carbocycles. The third-order valence-electron chi connectivity index (χ3n) is 2.27. The van der Waals surface area contributed by atoms with E-state index in [2.05, 4.69) is 37.2 Å². The molecule has 0 spiro atoms. The third kappa shape index (κ3) is 4.32. The number of halogens is 1. The van der Waals surface area contributed by atoms with Crippen LogP contribution in [0.5, 0.6) is 0 Å². The van der Waals surface area contributed by atoms with Gasteiger partial charge < -0.3 is 0 Å². The maximum Gasteiger partial charge on any atom is 0.344 e. The van der Waals surface area contributed by atoms with Crippen LogP contribution in [0.2, 0.25) is 0 Å². The molecule has 0 aromatic rings. The van der Waals surface area contributed by atoms with Crippen molar-refractivity contribution in [1.29, 1.82) is 0 Å². The molecule has 0 N–H and O–H groups in total. The van der Waals surface area contributed by atoms with Crippen molar-refractivity contribution in [2.75, 3.05) is 26.2 Å². The van der Waals surface area contributed by atoms with E-state index in [0.29, 0.717) is 0 Å². The Morgan fingerprint density at radius 2 is 1.43 bits per heavy atom. The quantitative estimate of drug-likeness (QED) is 0.288. The van der Waals surface area contributed by atoms with Crippen LogP contribution in [-0.4, -0.2) is 40.9 Å². The Bertz CT molecular complexity index is 166. The van der Waals surface area contributed by atoms with Crippen molar-refractivity contribution in [1.82, 2.24) is 4.90 Å². The van der Waals surface area contributed by atoms with Gasteiger partial charge in [-0.15, -0.1) is 0 Å². The van der Waals surface area contributed by atoms with Gasteiger partial charge in [0.15, 0.2) is 0 Å². The summed E-state index contributed by atoms with van der Waals surface area (Å²) in [5.74, 6) is 0. The molecule has 0 aromatic heterocycles. The zero-order valence-electron chi connectivity index (χ0n) is 10.0. The molecule has 84 valence electrons. The van der Waals surface area contributed by atoms with Gasteiger partial charge in [-0.1, -0.05) is 13.8 Å². The van der Waals surface area contributed by atoms with Crippen LogP contribution in [0.25, 0.3) is 0 Å². The molecule has 14 heavy (non-hydrogen) atoms. The second-order valence-electron chi connectivity index (χ2n) is 3.43. The minimum absolute atomic E-state index is 0.915. The van der Waals surface area contributed by atoms with Crippen LogP contribution < -0.4 is 0 Å². The molecular weight excluding hydrogens is 196 g/mol. The van der Waals surface area contributed by atoms with E-state index in [1.54, 1.807) is 0 Å². The zero-order chi connectivity index (χ0) is 11.0. The monoisotopic (exact) mass is 219 g/mol. The van der Waals surface area contributed by atoms with Gasteiger partial charge in [-0.25, -0.2) is 0 Å². The van der Waals surface area contributed by atoms with Crippen LogP contribution in [0.15, 0.2) is 0 Å². The van der Waals surface area contributed by atoms with Crippen molar-refractivity contribution in [3.05, 3.63) is 0 Å². The maximum atomic E-state index is 6.34. The van der Waals surface area contributed by atoms with Crippen molar-refractivity contribution in [2.45, 2.75) is 40.5 Å². The number of hydrogen-bond donors (Lipinski definition) is 0. The topological polar surface area (TPSA) is 6.25 Å². The van der Waals surface area contributed by atoms with E-state index >= 15 is 0 Å². The van der Waals surface area contributed by atoms with E-state index < -0.39 is 0 Å². The Morgan fingerprint density at radius 1 is 1.00 bits per heavy atom. The lowest BCUT2D eigenvalue weighted by molar-refractivity contribution is -0.530. The minimum atomic E-state index is 0.915. The Kier molecular flexibility index (Phi) is 7.96.